The maximum Gasteiger partial charge on any atom is 0.335 e. The van der Waals surface area contributed by atoms with E-state index in [0.29, 0.717) is 0 Å². The first kappa shape index (κ1) is 14.5. The molecule has 0 radical (unpaired) electrons. The van der Waals surface area contributed by atoms with E-state index in [1.54, 1.807) is 13.8 Å². The van der Waals surface area contributed by atoms with Gasteiger partial charge in [0.05, 0.1) is 12.5 Å². The average molecular weight is 234 g/mol. The van der Waals surface area contributed by atoms with Gasteiger partial charge in [0.2, 0.25) is 0 Å². The Morgan fingerprint density at radius 2 is 1.80 bits per heavy atom. The summed E-state index contributed by atoms with van der Waals surface area (Å²) in [5, 5.41) is 9.30. The summed E-state index contributed by atoms with van der Waals surface area (Å²) in [4.78, 5) is 22.4. The summed E-state index contributed by atoms with van der Waals surface area (Å²) in [6.45, 7) is 7.13. The Bertz CT molecular complexity index is 225. The van der Waals surface area contributed by atoms with Crippen LogP contribution in [0, 0.1) is 0 Å². The first-order chi connectivity index (χ1) is 6.82. The molecule has 0 heterocycles. The van der Waals surface area contributed by atoms with Crippen molar-refractivity contribution in [2.45, 2.75) is 51.6 Å². The van der Waals surface area contributed by atoms with Gasteiger partial charge in [-0.1, -0.05) is 25.6 Å². The van der Waals surface area contributed by atoms with E-state index in [-0.39, 0.29) is 22.9 Å². The Labute approximate surface area is 94.4 Å². The maximum absolute atomic E-state index is 11.2. The van der Waals surface area contributed by atoms with Crippen LogP contribution in [-0.4, -0.2) is 33.6 Å². The highest BCUT2D eigenvalue weighted by Gasteiger charge is 2.21. The van der Waals surface area contributed by atoms with Gasteiger partial charge in [-0.25, -0.2) is 4.79 Å². The highest BCUT2D eigenvalue weighted by Crippen LogP contribution is 2.14. The van der Waals surface area contributed by atoms with Crippen LogP contribution in [0.2, 0.25) is 0 Å². The Morgan fingerprint density at radius 1 is 1.27 bits per heavy atom. The summed E-state index contributed by atoms with van der Waals surface area (Å²) in [7, 11) is 0. The van der Waals surface area contributed by atoms with Gasteiger partial charge in [-0.15, -0.1) is 0 Å². The van der Waals surface area contributed by atoms with E-state index >= 15 is 0 Å². The minimum absolute atomic E-state index is 0.158. The number of ether oxygens (including phenoxy) is 1. The number of hydrogen-bond acceptors (Lipinski definition) is 5. The van der Waals surface area contributed by atoms with E-state index < -0.39 is 12.1 Å². The lowest BCUT2D eigenvalue weighted by molar-refractivity contribution is -0.158. The molecule has 0 aromatic rings. The van der Waals surface area contributed by atoms with Gasteiger partial charge in [0.25, 0.3) is 0 Å². The van der Waals surface area contributed by atoms with Crippen molar-refractivity contribution in [1.29, 1.82) is 0 Å². The SMILES string of the molecule is CC(C)OC(=O)C(O)CC(=O)SC(C)C. The minimum atomic E-state index is -1.34. The lowest BCUT2D eigenvalue weighted by atomic mass is 10.3. The van der Waals surface area contributed by atoms with Crippen molar-refractivity contribution >= 4 is 22.8 Å². The summed E-state index contributed by atoms with van der Waals surface area (Å²) in [5.74, 6) is -0.734. The van der Waals surface area contributed by atoms with Crippen LogP contribution in [0.1, 0.15) is 34.1 Å². The van der Waals surface area contributed by atoms with Crippen molar-refractivity contribution in [2.24, 2.45) is 0 Å². The van der Waals surface area contributed by atoms with Crippen LogP contribution in [0.25, 0.3) is 0 Å². The van der Waals surface area contributed by atoms with Gasteiger partial charge in [-0.05, 0) is 13.8 Å². The molecule has 4 nitrogen and oxygen atoms in total. The summed E-state index contributed by atoms with van der Waals surface area (Å²) < 4.78 is 4.77. The second-order valence-corrected chi connectivity index (χ2v) is 5.38. The average Bonchev–Trinajstić information content (AvgIpc) is 2.00. The number of carbonyl (C=O) groups is 2. The number of rotatable bonds is 5. The smallest absolute Gasteiger partial charge is 0.335 e. The van der Waals surface area contributed by atoms with E-state index in [4.69, 9.17) is 4.74 Å². The molecule has 0 amide bonds. The molecule has 5 heteroatoms. The molecule has 0 aliphatic carbocycles. The van der Waals surface area contributed by atoms with Gasteiger partial charge in [0, 0.05) is 5.25 Å². The molecule has 0 saturated carbocycles. The highest BCUT2D eigenvalue weighted by atomic mass is 32.2. The second kappa shape index (κ2) is 6.85. The van der Waals surface area contributed by atoms with E-state index in [9.17, 15) is 14.7 Å². The van der Waals surface area contributed by atoms with E-state index in [1.165, 1.54) is 0 Å². The monoisotopic (exact) mass is 234 g/mol. The molecule has 0 rings (SSSR count). The summed E-state index contributed by atoms with van der Waals surface area (Å²) in [6.07, 6.45) is -1.81. The standard InChI is InChI=1S/C10H18O4S/c1-6(2)14-10(13)8(11)5-9(12)15-7(3)4/h6-8,11H,5H2,1-4H3. The third-order valence-electron chi connectivity index (χ3n) is 1.35. The van der Waals surface area contributed by atoms with Crippen LogP contribution in [0.5, 0.6) is 0 Å². The molecule has 0 aromatic heterocycles. The molecule has 0 aliphatic rings. The van der Waals surface area contributed by atoms with Gasteiger partial charge in [-0.3, -0.25) is 4.79 Å². The maximum atomic E-state index is 11.2. The van der Waals surface area contributed by atoms with Gasteiger partial charge in [0.15, 0.2) is 11.2 Å². The first-order valence-corrected chi connectivity index (χ1v) is 5.79. The number of carbonyl (C=O) groups excluding carboxylic acids is 2. The zero-order chi connectivity index (χ0) is 12.0. The Morgan fingerprint density at radius 3 is 2.20 bits per heavy atom. The van der Waals surface area contributed by atoms with E-state index in [0.717, 1.165) is 11.8 Å². The molecule has 0 saturated heterocycles. The minimum Gasteiger partial charge on any atom is -0.461 e. The van der Waals surface area contributed by atoms with Crippen molar-refractivity contribution < 1.29 is 19.4 Å². The lowest BCUT2D eigenvalue weighted by Crippen LogP contribution is -2.27. The van der Waals surface area contributed by atoms with Crippen molar-refractivity contribution in [3.63, 3.8) is 0 Å². The Balaban J connectivity index is 3.96. The topological polar surface area (TPSA) is 63.6 Å². The molecule has 88 valence electrons. The Kier molecular flexibility index (Phi) is 6.60. The Hall–Kier alpha value is -0.550. The number of esters is 1. The van der Waals surface area contributed by atoms with Gasteiger partial charge in [-0.2, -0.15) is 0 Å². The van der Waals surface area contributed by atoms with Crippen molar-refractivity contribution in [3.8, 4) is 0 Å². The molecule has 0 bridgehead atoms. The zero-order valence-corrected chi connectivity index (χ0v) is 10.3. The number of aliphatic hydroxyl groups is 1. The quantitative estimate of drug-likeness (QED) is 0.728. The molecular formula is C10H18O4S. The summed E-state index contributed by atoms with van der Waals surface area (Å²) in [6, 6.07) is 0. The molecule has 0 aromatic carbocycles. The molecule has 15 heavy (non-hydrogen) atoms. The summed E-state index contributed by atoms with van der Waals surface area (Å²) >= 11 is 1.11. The van der Waals surface area contributed by atoms with E-state index in [2.05, 4.69) is 0 Å². The summed E-state index contributed by atoms with van der Waals surface area (Å²) in [5.41, 5.74) is 0. The fourth-order valence-corrected chi connectivity index (χ4v) is 1.64. The molecule has 1 N–H and O–H groups in total. The molecule has 1 atom stereocenters. The second-order valence-electron chi connectivity index (χ2n) is 3.74. The molecule has 0 spiro atoms. The van der Waals surface area contributed by atoms with Crippen molar-refractivity contribution in [1.82, 2.24) is 0 Å². The number of aliphatic hydroxyl groups excluding tert-OH is 1. The van der Waals surface area contributed by atoms with E-state index in [1.807, 2.05) is 13.8 Å². The fourth-order valence-electron chi connectivity index (χ4n) is 0.863. The van der Waals surface area contributed by atoms with Crippen LogP contribution < -0.4 is 0 Å². The fraction of sp³-hybridized carbons (Fsp3) is 0.800. The lowest BCUT2D eigenvalue weighted by Gasteiger charge is -2.12. The molecule has 0 aliphatic heterocycles. The zero-order valence-electron chi connectivity index (χ0n) is 9.52. The van der Waals surface area contributed by atoms with Crippen molar-refractivity contribution in [2.75, 3.05) is 0 Å². The number of thioether (sulfide) groups is 1. The van der Waals surface area contributed by atoms with Gasteiger partial charge >= 0.3 is 5.97 Å². The van der Waals surface area contributed by atoms with Crippen LogP contribution in [0.4, 0.5) is 0 Å². The third-order valence-corrected chi connectivity index (χ3v) is 2.25. The molecule has 0 fully saturated rings. The van der Waals surface area contributed by atoms with Crippen molar-refractivity contribution in [3.05, 3.63) is 0 Å². The van der Waals surface area contributed by atoms with Gasteiger partial charge < -0.3 is 9.84 Å². The third kappa shape index (κ3) is 7.39. The van der Waals surface area contributed by atoms with Crippen LogP contribution in [0.15, 0.2) is 0 Å². The van der Waals surface area contributed by atoms with Gasteiger partial charge in [0.1, 0.15) is 0 Å². The predicted octanol–water partition coefficient (Wildman–Crippen LogP) is 1.36. The molecule has 1 unspecified atom stereocenters. The van der Waals surface area contributed by atoms with Crippen LogP contribution in [0.3, 0.4) is 0 Å². The molecular weight excluding hydrogens is 216 g/mol. The normalized spacial score (nSPS) is 13.0. The highest BCUT2D eigenvalue weighted by molar-refractivity contribution is 8.14. The first-order valence-electron chi connectivity index (χ1n) is 4.91. The largest absolute Gasteiger partial charge is 0.461 e. The van der Waals surface area contributed by atoms with Crippen LogP contribution >= 0.6 is 11.8 Å². The van der Waals surface area contributed by atoms with Crippen LogP contribution in [-0.2, 0) is 14.3 Å². The predicted molar refractivity (Wildman–Crippen MR) is 59.6 cm³/mol. The number of hydrogen-bond donors (Lipinski definition) is 1.